The highest BCUT2D eigenvalue weighted by molar-refractivity contribution is 6.78. The Balaban J connectivity index is 0.00000116. The highest BCUT2D eigenvalue weighted by atomic mass is 28.5. The monoisotopic (exact) mass is 374 g/mol. The van der Waals surface area contributed by atoms with Crippen LogP contribution in [0.25, 0.3) is 0 Å². The van der Waals surface area contributed by atoms with Crippen molar-refractivity contribution >= 4 is 37.1 Å². The van der Waals surface area contributed by atoms with Crippen LogP contribution >= 0.6 is 0 Å². The van der Waals surface area contributed by atoms with Gasteiger partial charge in [-0.3, -0.25) is 0 Å². The van der Waals surface area contributed by atoms with Gasteiger partial charge in [-0.25, -0.2) is 0 Å². The van der Waals surface area contributed by atoms with Crippen LogP contribution in [0.4, 0.5) is 0 Å². The Morgan fingerprint density at radius 3 is 2.41 bits per heavy atom. The van der Waals surface area contributed by atoms with E-state index in [1.54, 1.807) is 0 Å². The van der Waals surface area contributed by atoms with Gasteiger partial charge in [0.15, 0.2) is 0 Å². The summed E-state index contributed by atoms with van der Waals surface area (Å²) >= 11 is 0. The summed E-state index contributed by atoms with van der Waals surface area (Å²) in [6, 6.07) is 11.5. The molecule has 0 bridgehead atoms. The second-order valence-electron chi connectivity index (χ2n) is 5.47. The number of rotatable bonds is 3. The van der Waals surface area contributed by atoms with E-state index >= 15 is 0 Å². The third-order valence-electron chi connectivity index (χ3n) is 3.51. The molecule has 126 valence electrons. The molecule has 0 amide bonds. The lowest BCUT2D eigenvalue weighted by Crippen LogP contribution is -2.50. The normalized spacial score (nSPS) is 31.5. The predicted octanol–water partition coefficient (Wildman–Crippen LogP) is 2.67. The zero-order valence-corrected chi connectivity index (χ0v) is 19.4. The molecule has 0 aliphatic carbocycles. The van der Waals surface area contributed by atoms with Gasteiger partial charge < -0.3 is 16.5 Å². The molecule has 8 heteroatoms. The Labute approximate surface area is 142 Å². The minimum absolute atomic E-state index is 0.442. The minimum Gasteiger partial charge on any atom is -0.423 e. The molecule has 1 aliphatic rings. The maximum atomic E-state index is 6.26. The summed E-state index contributed by atoms with van der Waals surface area (Å²) < 4.78 is 24.0. The third kappa shape index (κ3) is 6.58. The van der Waals surface area contributed by atoms with Crippen molar-refractivity contribution in [1.29, 1.82) is 0 Å². The minimum atomic E-state index is -2.16. The molecular formula is C14H30O4Si4. The Bertz CT molecular complexity index is 423. The van der Waals surface area contributed by atoms with Crippen LogP contribution < -0.4 is 0 Å². The first-order chi connectivity index (χ1) is 10.5. The molecule has 0 radical (unpaired) electrons. The summed E-state index contributed by atoms with van der Waals surface area (Å²) in [7, 11) is -6.20. The van der Waals surface area contributed by atoms with E-state index in [2.05, 4.69) is 50.8 Å². The largest absolute Gasteiger partial charge is 0.423 e. The lowest BCUT2D eigenvalue weighted by molar-refractivity contribution is 0.284. The van der Waals surface area contributed by atoms with E-state index in [1.807, 2.05) is 19.9 Å². The van der Waals surface area contributed by atoms with Crippen molar-refractivity contribution in [2.75, 3.05) is 0 Å². The van der Waals surface area contributed by atoms with Gasteiger partial charge in [-0.1, -0.05) is 51.1 Å². The first-order valence-corrected chi connectivity index (χ1v) is 16.0. The Kier molecular flexibility index (Phi) is 9.02. The fourth-order valence-electron chi connectivity index (χ4n) is 2.54. The van der Waals surface area contributed by atoms with Gasteiger partial charge in [-0.15, -0.1) is 0 Å². The fraction of sp³-hybridized carbons (Fsp3) is 0.571. The van der Waals surface area contributed by atoms with Crippen LogP contribution in [-0.2, 0) is 16.5 Å². The topological polar surface area (TPSA) is 36.9 Å². The van der Waals surface area contributed by atoms with Crippen LogP contribution in [0.2, 0.25) is 25.7 Å². The van der Waals surface area contributed by atoms with Crippen molar-refractivity contribution in [2.24, 2.45) is 0 Å². The molecular weight excluding hydrogens is 344 g/mol. The zero-order valence-electron chi connectivity index (χ0n) is 14.7. The molecule has 0 spiro atoms. The van der Waals surface area contributed by atoms with Crippen molar-refractivity contribution in [2.45, 2.75) is 52.4 Å². The van der Waals surface area contributed by atoms with E-state index in [-0.39, 0.29) is 0 Å². The Morgan fingerprint density at radius 1 is 1.14 bits per heavy atom. The van der Waals surface area contributed by atoms with Gasteiger partial charge >= 0.3 is 8.56 Å². The highest BCUT2D eigenvalue weighted by Crippen LogP contribution is 2.28. The fourth-order valence-corrected chi connectivity index (χ4v) is 15.0. The molecule has 1 heterocycles. The van der Waals surface area contributed by atoms with E-state index in [4.69, 9.17) is 16.5 Å². The second kappa shape index (κ2) is 9.93. The van der Waals surface area contributed by atoms with Crippen molar-refractivity contribution in [1.82, 2.24) is 0 Å². The predicted molar refractivity (Wildman–Crippen MR) is 102 cm³/mol. The van der Waals surface area contributed by atoms with Crippen LogP contribution in [0.15, 0.2) is 30.3 Å². The molecule has 1 aromatic carbocycles. The van der Waals surface area contributed by atoms with E-state index in [0.29, 0.717) is 5.92 Å². The maximum absolute atomic E-state index is 6.26. The van der Waals surface area contributed by atoms with Crippen LogP contribution in [0, 0.1) is 0 Å². The van der Waals surface area contributed by atoms with Crippen LogP contribution in [-0.4, -0.2) is 37.1 Å². The first kappa shape index (κ1) is 20.0. The van der Waals surface area contributed by atoms with Gasteiger partial charge in [-0.05, 0) is 37.2 Å². The van der Waals surface area contributed by atoms with Crippen LogP contribution in [0.5, 0.6) is 0 Å². The molecule has 2 rings (SSSR count). The van der Waals surface area contributed by atoms with Crippen LogP contribution in [0.1, 0.15) is 32.3 Å². The molecule has 4 nitrogen and oxygen atoms in total. The van der Waals surface area contributed by atoms with E-state index in [9.17, 15) is 0 Å². The van der Waals surface area contributed by atoms with Gasteiger partial charge in [0.2, 0.25) is 0 Å². The summed E-state index contributed by atoms with van der Waals surface area (Å²) in [4.78, 5) is 0. The highest BCUT2D eigenvalue weighted by Gasteiger charge is 2.38. The van der Waals surface area contributed by atoms with Crippen molar-refractivity contribution < 1.29 is 16.5 Å². The average molecular weight is 375 g/mol. The lowest BCUT2D eigenvalue weighted by Gasteiger charge is -2.35. The van der Waals surface area contributed by atoms with Gasteiger partial charge in [0.05, 0.1) is 0 Å². The quantitative estimate of drug-likeness (QED) is 0.762. The molecule has 0 saturated carbocycles. The summed E-state index contributed by atoms with van der Waals surface area (Å²) in [5.74, 6) is 0.442. The average Bonchev–Trinajstić information content (AvgIpc) is 2.48. The zero-order chi connectivity index (χ0) is 16.6. The molecule has 0 aromatic heterocycles. The first-order valence-electron chi connectivity index (χ1n) is 8.12. The molecule has 0 N–H and O–H groups in total. The summed E-state index contributed by atoms with van der Waals surface area (Å²) in [6.07, 6.45) is 0. The van der Waals surface area contributed by atoms with Crippen LogP contribution in [0.3, 0.4) is 0 Å². The van der Waals surface area contributed by atoms with Gasteiger partial charge in [0.1, 0.15) is 0 Å². The molecule has 1 saturated heterocycles. The van der Waals surface area contributed by atoms with Crippen molar-refractivity contribution in [3.05, 3.63) is 35.9 Å². The van der Waals surface area contributed by atoms with Crippen molar-refractivity contribution in [3.63, 3.8) is 0 Å². The third-order valence-corrected chi connectivity index (χ3v) is 16.6. The number of benzene rings is 1. The number of hydrogen-bond acceptors (Lipinski definition) is 4. The standard InChI is InChI=1S/C12H24O4Si4.C2H6/c1-11(12-8-6-5-7-9-12)10-20(4)14-17-13-18(2)15-19(3)16-20;1-2/h5-9,11,18-19H,10,17H2,1-4H3;1-2H3. The summed E-state index contributed by atoms with van der Waals surface area (Å²) in [5, 5.41) is 0. The van der Waals surface area contributed by atoms with Gasteiger partial charge in [0.25, 0.3) is 28.6 Å². The summed E-state index contributed by atoms with van der Waals surface area (Å²) in [6.45, 7) is 12.5. The Hall–Kier alpha value is -0.0725. The molecule has 1 fully saturated rings. The van der Waals surface area contributed by atoms with E-state index in [0.717, 1.165) is 6.04 Å². The van der Waals surface area contributed by atoms with E-state index < -0.39 is 37.1 Å². The number of hydrogen-bond donors (Lipinski definition) is 0. The maximum Gasteiger partial charge on any atom is 0.317 e. The molecule has 22 heavy (non-hydrogen) atoms. The Morgan fingerprint density at radius 2 is 1.77 bits per heavy atom. The molecule has 1 aliphatic heterocycles. The van der Waals surface area contributed by atoms with Crippen molar-refractivity contribution in [3.8, 4) is 0 Å². The summed E-state index contributed by atoms with van der Waals surface area (Å²) in [5.41, 5.74) is 1.34. The second-order valence-corrected chi connectivity index (χ2v) is 15.2. The van der Waals surface area contributed by atoms with Gasteiger partial charge in [0, 0.05) is 0 Å². The van der Waals surface area contributed by atoms with E-state index in [1.165, 1.54) is 5.56 Å². The SMILES string of the molecule is CC.CC(C[Si]1(C)O[SiH2]O[SiH](C)O[SiH](C)O1)c1ccccc1. The van der Waals surface area contributed by atoms with Gasteiger partial charge in [-0.2, -0.15) is 0 Å². The molecule has 4 atom stereocenters. The molecule has 1 aromatic rings. The molecule has 4 unspecified atom stereocenters. The lowest BCUT2D eigenvalue weighted by atomic mass is 10.0. The smallest absolute Gasteiger partial charge is 0.317 e.